The highest BCUT2D eigenvalue weighted by Gasteiger charge is 2.38. The van der Waals surface area contributed by atoms with Crippen LogP contribution in [0.1, 0.15) is 143 Å². The number of carboxylic acid groups (broad SMARTS) is 1. The number of carbonyl (C=O) groups excluding carboxylic acids is 1. The summed E-state index contributed by atoms with van der Waals surface area (Å²) in [5.74, 6) is -1.42. The standard InChI is InChI=1S/C38H61NO5/c1-8-10-11-12-13-14-15-16-17-18-19-20-21-23-31-24-22-25-33(44-9-2)35(31)36-32(26-27-43-7)29(5)39(37(40)38(41)42)30(6)34(36)28(3)4/h22,24-25,28-29H,8-21,23,26-27H2,1-7H3,(H,41,42). The Kier molecular flexibility index (Phi) is 17.5. The van der Waals surface area contributed by atoms with Gasteiger partial charge < -0.3 is 14.6 Å². The maximum atomic E-state index is 12.9. The summed E-state index contributed by atoms with van der Waals surface area (Å²) in [7, 11) is 1.67. The molecule has 6 nitrogen and oxygen atoms in total. The highest BCUT2D eigenvalue weighted by Crippen LogP contribution is 2.46. The monoisotopic (exact) mass is 611 g/mol. The quantitative estimate of drug-likeness (QED) is 0.111. The van der Waals surface area contributed by atoms with Crippen LogP contribution in [0.4, 0.5) is 0 Å². The molecule has 0 aliphatic carbocycles. The molecule has 0 fully saturated rings. The van der Waals surface area contributed by atoms with Crippen molar-refractivity contribution in [2.75, 3.05) is 20.3 Å². The van der Waals surface area contributed by atoms with Gasteiger partial charge in [0.2, 0.25) is 0 Å². The molecule has 1 amide bonds. The first kappa shape index (κ1) is 37.6. The third-order valence-electron chi connectivity index (χ3n) is 9.00. The van der Waals surface area contributed by atoms with Crippen LogP contribution in [0.25, 0.3) is 5.57 Å². The third kappa shape index (κ3) is 10.8. The van der Waals surface area contributed by atoms with Crippen molar-refractivity contribution in [3.8, 4) is 5.75 Å². The Bertz CT molecular complexity index is 1100. The summed E-state index contributed by atoms with van der Waals surface area (Å²) in [6.07, 6.45) is 18.8. The Hall–Kier alpha value is -2.60. The highest BCUT2D eigenvalue weighted by molar-refractivity contribution is 6.32. The van der Waals surface area contributed by atoms with Crippen LogP contribution in [-0.2, 0) is 20.7 Å². The summed E-state index contributed by atoms with van der Waals surface area (Å²) in [5, 5.41) is 9.67. The molecule has 1 N–H and O–H groups in total. The van der Waals surface area contributed by atoms with E-state index < -0.39 is 17.9 Å². The minimum absolute atomic E-state index is 0.0676. The number of hydrogen-bond acceptors (Lipinski definition) is 4. The lowest BCUT2D eigenvalue weighted by Gasteiger charge is -2.40. The number of amides is 1. The fraction of sp³-hybridized carbons (Fsp3) is 0.684. The number of nitrogens with zero attached hydrogens (tertiary/aromatic N) is 1. The van der Waals surface area contributed by atoms with Gasteiger partial charge in [-0.2, -0.15) is 0 Å². The second kappa shape index (κ2) is 20.4. The van der Waals surface area contributed by atoms with Gasteiger partial charge in [-0.1, -0.05) is 110 Å². The van der Waals surface area contributed by atoms with E-state index in [-0.39, 0.29) is 5.92 Å². The Morgan fingerprint density at radius 3 is 1.95 bits per heavy atom. The Labute approximate surface area is 268 Å². The zero-order valence-electron chi connectivity index (χ0n) is 28.9. The molecule has 248 valence electrons. The summed E-state index contributed by atoms with van der Waals surface area (Å²) in [4.78, 5) is 26.3. The Morgan fingerprint density at radius 2 is 1.45 bits per heavy atom. The van der Waals surface area contributed by atoms with Crippen molar-refractivity contribution < 1.29 is 24.2 Å². The van der Waals surface area contributed by atoms with Crippen molar-refractivity contribution >= 4 is 17.4 Å². The van der Waals surface area contributed by atoms with Gasteiger partial charge in [-0.05, 0) is 74.3 Å². The largest absolute Gasteiger partial charge is 0.493 e. The number of rotatable bonds is 21. The molecule has 0 bridgehead atoms. The SMILES string of the molecule is CCCCCCCCCCCCCCCc1cccc(OCC)c1C1=C(CCOC)C(C)N(C(=O)C(=O)O)C(C)=C1C(C)C. The molecule has 0 spiro atoms. The topological polar surface area (TPSA) is 76.1 Å². The van der Waals surface area contributed by atoms with Gasteiger partial charge in [0.15, 0.2) is 0 Å². The van der Waals surface area contributed by atoms with Gasteiger partial charge in [0.1, 0.15) is 5.75 Å². The molecule has 6 heteroatoms. The van der Waals surface area contributed by atoms with Crippen LogP contribution in [-0.4, -0.2) is 48.2 Å². The summed E-state index contributed by atoms with van der Waals surface area (Å²) in [6, 6.07) is 5.93. The average molecular weight is 612 g/mol. The number of aryl methyl sites for hydroxylation is 1. The lowest BCUT2D eigenvalue weighted by Crippen LogP contribution is -2.45. The molecule has 1 aliphatic heterocycles. The molecule has 1 aromatic rings. The zero-order chi connectivity index (χ0) is 32.5. The second-order valence-electron chi connectivity index (χ2n) is 12.7. The zero-order valence-corrected chi connectivity index (χ0v) is 28.9. The molecule has 2 rings (SSSR count). The lowest BCUT2D eigenvalue weighted by atomic mass is 9.77. The van der Waals surface area contributed by atoms with Crippen molar-refractivity contribution in [1.29, 1.82) is 0 Å². The molecule has 0 aromatic heterocycles. The molecule has 1 heterocycles. The van der Waals surface area contributed by atoms with Crippen molar-refractivity contribution in [3.63, 3.8) is 0 Å². The first-order valence-corrected chi connectivity index (χ1v) is 17.5. The van der Waals surface area contributed by atoms with E-state index in [1.54, 1.807) is 7.11 Å². The van der Waals surface area contributed by atoms with E-state index in [2.05, 4.69) is 32.9 Å². The predicted molar refractivity (Wildman–Crippen MR) is 182 cm³/mol. The van der Waals surface area contributed by atoms with Crippen molar-refractivity contribution in [2.24, 2.45) is 5.92 Å². The number of unbranched alkanes of at least 4 members (excludes halogenated alkanes) is 12. The van der Waals surface area contributed by atoms with Crippen LogP contribution < -0.4 is 4.74 Å². The van der Waals surface area contributed by atoms with Crippen LogP contribution in [0.5, 0.6) is 5.75 Å². The number of carboxylic acids is 1. The number of benzene rings is 1. The first-order chi connectivity index (χ1) is 21.2. The van der Waals surface area contributed by atoms with Gasteiger partial charge in [-0.3, -0.25) is 9.69 Å². The number of ether oxygens (including phenoxy) is 2. The maximum Gasteiger partial charge on any atom is 0.394 e. The molecule has 0 saturated heterocycles. The van der Waals surface area contributed by atoms with E-state index in [1.165, 1.54) is 87.5 Å². The van der Waals surface area contributed by atoms with Gasteiger partial charge >= 0.3 is 11.9 Å². The van der Waals surface area contributed by atoms with Gasteiger partial charge in [-0.15, -0.1) is 0 Å². The average Bonchev–Trinajstić information content (AvgIpc) is 2.99. The summed E-state index contributed by atoms with van der Waals surface area (Å²) in [6.45, 7) is 13.3. The normalized spacial score (nSPS) is 15.5. The minimum atomic E-state index is -1.44. The molecule has 1 aromatic carbocycles. The lowest BCUT2D eigenvalue weighted by molar-refractivity contribution is -0.155. The van der Waals surface area contributed by atoms with Crippen LogP contribution in [0.15, 0.2) is 35.0 Å². The van der Waals surface area contributed by atoms with Crippen molar-refractivity contribution in [1.82, 2.24) is 4.90 Å². The number of aliphatic carboxylic acids is 1. The fourth-order valence-corrected chi connectivity index (χ4v) is 6.80. The van der Waals surface area contributed by atoms with Gasteiger partial charge in [-0.25, -0.2) is 4.79 Å². The van der Waals surface area contributed by atoms with Crippen molar-refractivity contribution in [3.05, 3.63) is 46.2 Å². The van der Waals surface area contributed by atoms with Crippen LogP contribution in [0.3, 0.4) is 0 Å². The van der Waals surface area contributed by atoms with E-state index in [0.717, 1.165) is 40.9 Å². The van der Waals surface area contributed by atoms with Crippen molar-refractivity contribution in [2.45, 2.75) is 144 Å². The van der Waals surface area contributed by atoms with Gasteiger partial charge in [0.05, 0.1) is 19.3 Å². The van der Waals surface area contributed by atoms with E-state index >= 15 is 0 Å². The summed E-state index contributed by atoms with van der Waals surface area (Å²) in [5.41, 5.74) is 6.17. The molecule has 44 heavy (non-hydrogen) atoms. The Balaban J connectivity index is 2.27. The van der Waals surface area contributed by atoms with Gasteiger partial charge in [0, 0.05) is 18.4 Å². The molecular formula is C38H61NO5. The van der Waals surface area contributed by atoms with E-state index in [0.29, 0.717) is 25.3 Å². The van der Waals surface area contributed by atoms with Gasteiger partial charge in [0.25, 0.3) is 0 Å². The molecule has 1 atom stereocenters. The van der Waals surface area contributed by atoms with E-state index in [9.17, 15) is 14.7 Å². The summed E-state index contributed by atoms with van der Waals surface area (Å²) >= 11 is 0. The molecule has 0 saturated carbocycles. The highest BCUT2D eigenvalue weighted by atomic mass is 16.5. The third-order valence-corrected chi connectivity index (χ3v) is 9.00. The molecular weight excluding hydrogens is 550 g/mol. The van der Waals surface area contributed by atoms with E-state index in [4.69, 9.17) is 9.47 Å². The second-order valence-corrected chi connectivity index (χ2v) is 12.7. The molecule has 0 radical (unpaired) electrons. The smallest absolute Gasteiger partial charge is 0.394 e. The van der Waals surface area contributed by atoms with Crippen LogP contribution >= 0.6 is 0 Å². The molecule has 1 aliphatic rings. The number of methoxy groups -OCH3 is 1. The maximum absolute atomic E-state index is 12.9. The number of hydrogen-bond donors (Lipinski definition) is 1. The minimum Gasteiger partial charge on any atom is -0.493 e. The summed E-state index contributed by atoms with van der Waals surface area (Å²) < 4.78 is 11.8. The van der Waals surface area contributed by atoms with Crippen LogP contribution in [0.2, 0.25) is 0 Å². The Morgan fingerprint density at radius 1 is 0.886 bits per heavy atom. The number of carbonyl (C=O) groups is 2. The molecule has 1 unspecified atom stereocenters. The first-order valence-electron chi connectivity index (χ1n) is 17.5. The van der Waals surface area contributed by atoms with E-state index in [1.807, 2.05) is 26.8 Å². The predicted octanol–water partition coefficient (Wildman–Crippen LogP) is 9.75. The fourth-order valence-electron chi connectivity index (χ4n) is 6.80. The van der Waals surface area contributed by atoms with Crippen LogP contribution in [0, 0.1) is 5.92 Å². The number of allylic oxidation sites excluding steroid dienone is 3.